The molecule has 4 rings (SSSR count). The largest absolute Gasteiger partial charge is 0.497 e. The van der Waals surface area contributed by atoms with Crippen molar-refractivity contribution in [2.45, 2.75) is 0 Å². The molecule has 1 heterocycles. The smallest absolute Gasteiger partial charge is 0.160 e. The lowest BCUT2D eigenvalue weighted by atomic mass is 10.1. The van der Waals surface area contributed by atoms with E-state index in [0.29, 0.717) is 5.82 Å². The van der Waals surface area contributed by atoms with Gasteiger partial charge in [0.25, 0.3) is 0 Å². The van der Waals surface area contributed by atoms with E-state index in [2.05, 4.69) is 0 Å². The first-order chi connectivity index (χ1) is 14.7. The maximum absolute atomic E-state index is 5.39. The van der Waals surface area contributed by atoms with Crippen LogP contribution in [0.25, 0.3) is 33.9 Å². The Morgan fingerprint density at radius 1 is 0.500 bits per heavy atom. The van der Waals surface area contributed by atoms with E-state index in [9.17, 15) is 0 Å². The second kappa shape index (κ2) is 8.66. The zero-order valence-corrected chi connectivity index (χ0v) is 17.1. The summed E-state index contributed by atoms with van der Waals surface area (Å²) in [6.07, 6.45) is 0. The number of ether oxygens (including phenoxy) is 3. The van der Waals surface area contributed by atoms with E-state index in [0.717, 1.165) is 45.3 Å². The summed E-state index contributed by atoms with van der Waals surface area (Å²) in [5.74, 6) is 2.92. The first-order valence-electron chi connectivity index (χ1n) is 9.52. The maximum atomic E-state index is 5.39. The van der Waals surface area contributed by atoms with Gasteiger partial charge in [0.2, 0.25) is 0 Å². The normalized spacial score (nSPS) is 10.5. The van der Waals surface area contributed by atoms with Crippen LogP contribution >= 0.6 is 0 Å². The van der Waals surface area contributed by atoms with Crippen LogP contribution in [0.15, 0.2) is 78.9 Å². The minimum Gasteiger partial charge on any atom is -0.497 e. The van der Waals surface area contributed by atoms with Crippen LogP contribution in [0.1, 0.15) is 0 Å². The second-order valence-corrected chi connectivity index (χ2v) is 6.66. The van der Waals surface area contributed by atoms with E-state index < -0.39 is 0 Å². The average Bonchev–Trinajstić information content (AvgIpc) is 2.83. The van der Waals surface area contributed by atoms with Crippen LogP contribution in [0, 0.1) is 0 Å². The number of nitrogens with zero attached hydrogens (tertiary/aromatic N) is 2. The predicted molar refractivity (Wildman–Crippen MR) is 118 cm³/mol. The third-order valence-electron chi connectivity index (χ3n) is 4.79. The fourth-order valence-electron chi connectivity index (χ4n) is 3.20. The van der Waals surface area contributed by atoms with Crippen LogP contribution in [0.5, 0.6) is 17.2 Å². The Balaban J connectivity index is 1.91. The molecule has 150 valence electrons. The quantitative estimate of drug-likeness (QED) is 0.429. The molecule has 30 heavy (non-hydrogen) atoms. The molecule has 1 aromatic heterocycles. The van der Waals surface area contributed by atoms with Crippen molar-refractivity contribution in [1.29, 1.82) is 0 Å². The highest BCUT2D eigenvalue weighted by Crippen LogP contribution is 2.31. The minimum atomic E-state index is 0.618. The highest BCUT2D eigenvalue weighted by Gasteiger charge is 2.12. The summed E-state index contributed by atoms with van der Waals surface area (Å²) in [7, 11) is 4.96. The van der Waals surface area contributed by atoms with Crippen LogP contribution in [-0.2, 0) is 0 Å². The first kappa shape index (κ1) is 19.5. The van der Waals surface area contributed by atoms with Crippen LogP contribution in [0.4, 0.5) is 0 Å². The van der Waals surface area contributed by atoms with Crippen LogP contribution < -0.4 is 14.2 Å². The predicted octanol–water partition coefficient (Wildman–Crippen LogP) is 5.50. The van der Waals surface area contributed by atoms with Crippen molar-refractivity contribution in [1.82, 2.24) is 9.97 Å². The summed E-state index contributed by atoms with van der Waals surface area (Å²) in [4.78, 5) is 9.68. The summed E-state index contributed by atoms with van der Waals surface area (Å²) >= 11 is 0. The summed E-state index contributed by atoms with van der Waals surface area (Å²) in [6, 6.07) is 25.4. The lowest BCUT2D eigenvalue weighted by molar-refractivity contribution is 0.415. The maximum Gasteiger partial charge on any atom is 0.160 e. The van der Waals surface area contributed by atoms with Crippen molar-refractivity contribution in [3.8, 4) is 51.2 Å². The fraction of sp³-hybridized carbons (Fsp3) is 0.120. The molecular weight excluding hydrogens is 376 g/mol. The number of hydrogen-bond donors (Lipinski definition) is 0. The molecule has 0 radical (unpaired) electrons. The van der Waals surface area contributed by atoms with Crippen molar-refractivity contribution < 1.29 is 14.2 Å². The molecule has 4 aromatic rings. The summed E-state index contributed by atoms with van der Waals surface area (Å²) in [6.45, 7) is 0. The Hall–Kier alpha value is -3.86. The third kappa shape index (κ3) is 4.10. The summed E-state index contributed by atoms with van der Waals surface area (Å²) < 4.78 is 16.2. The van der Waals surface area contributed by atoms with Gasteiger partial charge < -0.3 is 14.2 Å². The Morgan fingerprint density at radius 3 is 1.33 bits per heavy atom. The highest BCUT2D eigenvalue weighted by atomic mass is 16.5. The zero-order valence-electron chi connectivity index (χ0n) is 17.1. The third-order valence-corrected chi connectivity index (χ3v) is 4.79. The molecule has 0 saturated carbocycles. The molecule has 3 aromatic carbocycles. The highest BCUT2D eigenvalue weighted by molar-refractivity contribution is 5.73. The van der Waals surface area contributed by atoms with Crippen LogP contribution in [0.3, 0.4) is 0 Å². The topological polar surface area (TPSA) is 53.5 Å². The molecule has 0 atom stereocenters. The van der Waals surface area contributed by atoms with Gasteiger partial charge in [-0.3, -0.25) is 0 Å². The zero-order chi connectivity index (χ0) is 20.9. The molecular formula is C25H22N2O3. The van der Waals surface area contributed by atoms with E-state index in [1.54, 1.807) is 21.3 Å². The molecule has 0 N–H and O–H groups in total. The first-order valence-corrected chi connectivity index (χ1v) is 9.52. The Morgan fingerprint density at radius 2 is 0.900 bits per heavy atom. The average molecular weight is 398 g/mol. The van der Waals surface area contributed by atoms with Crippen molar-refractivity contribution in [3.05, 3.63) is 78.9 Å². The second-order valence-electron chi connectivity index (χ2n) is 6.66. The van der Waals surface area contributed by atoms with Gasteiger partial charge in [0, 0.05) is 16.7 Å². The van der Waals surface area contributed by atoms with Crippen molar-refractivity contribution in [3.63, 3.8) is 0 Å². The van der Waals surface area contributed by atoms with Crippen molar-refractivity contribution in [2.24, 2.45) is 0 Å². The van der Waals surface area contributed by atoms with Crippen molar-refractivity contribution in [2.75, 3.05) is 21.3 Å². The standard InChI is InChI=1S/C25H22N2O3/c1-28-20-10-4-7-17(13-20)23-16-24(18-8-5-11-21(14-18)29-2)27-25(26-23)19-9-6-12-22(15-19)30-3/h4-16H,1-3H3. The molecule has 0 amide bonds. The molecule has 0 aliphatic rings. The lowest BCUT2D eigenvalue weighted by Gasteiger charge is -2.11. The monoisotopic (exact) mass is 398 g/mol. The van der Waals surface area contributed by atoms with Gasteiger partial charge in [0.1, 0.15) is 17.2 Å². The minimum absolute atomic E-state index is 0.618. The van der Waals surface area contributed by atoms with Crippen LogP contribution in [-0.4, -0.2) is 31.3 Å². The number of rotatable bonds is 6. The van der Waals surface area contributed by atoms with Gasteiger partial charge in [0.15, 0.2) is 5.82 Å². The molecule has 0 spiro atoms. The van der Waals surface area contributed by atoms with Crippen molar-refractivity contribution >= 4 is 0 Å². The number of benzene rings is 3. The molecule has 0 aliphatic carbocycles. The Bertz CT molecular complexity index is 1020. The number of methoxy groups -OCH3 is 3. The van der Waals surface area contributed by atoms with Gasteiger partial charge in [-0.2, -0.15) is 0 Å². The van der Waals surface area contributed by atoms with E-state index in [1.165, 1.54) is 0 Å². The summed E-state index contributed by atoms with van der Waals surface area (Å²) in [5, 5.41) is 0. The Kier molecular flexibility index (Phi) is 5.61. The number of hydrogen-bond acceptors (Lipinski definition) is 5. The molecule has 0 fully saturated rings. The van der Waals surface area contributed by atoms with Gasteiger partial charge >= 0.3 is 0 Å². The van der Waals surface area contributed by atoms with E-state index >= 15 is 0 Å². The van der Waals surface area contributed by atoms with Gasteiger partial charge in [-0.25, -0.2) is 9.97 Å². The molecule has 0 unspecified atom stereocenters. The molecule has 5 nitrogen and oxygen atoms in total. The van der Waals surface area contributed by atoms with Gasteiger partial charge in [0.05, 0.1) is 32.7 Å². The van der Waals surface area contributed by atoms with Gasteiger partial charge in [-0.15, -0.1) is 0 Å². The van der Waals surface area contributed by atoms with E-state index in [-0.39, 0.29) is 0 Å². The van der Waals surface area contributed by atoms with Crippen LogP contribution in [0.2, 0.25) is 0 Å². The summed E-state index contributed by atoms with van der Waals surface area (Å²) in [5.41, 5.74) is 4.39. The lowest BCUT2D eigenvalue weighted by Crippen LogP contribution is -1.97. The van der Waals surface area contributed by atoms with E-state index in [4.69, 9.17) is 24.2 Å². The van der Waals surface area contributed by atoms with Gasteiger partial charge in [-0.1, -0.05) is 36.4 Å². The molecule has 0 bridgehead atoms. The van der Waals surface area contributed by atoms with Gasteiger partial charge in [-0.05, 0) is 42.5 Å². The fourth-order valence-corrected chi connectivity index (χ4v) is 3.20. The Labute approximate surface area is 175 Å². The number of aromatic nitrogens is 2. The molecule has 5 heteroatoms. The van der Waals surface area contributed by atoms with E-state index in [1.807, 2.05) is 78.9 Å². The molecule has 0 saturated heterocycles. The SMILES string of the molecule is COc1cccc(-c2cc(-c3cccc(OC)c3)nc(-c3cccc(OC)c3)n2)c1. The molecule has 0 aliphatic heterocycles.